The molecule has 8 nitrogen and oxygen atoms in total. The molecule has 0 fully saturated rings. The zero-order valence-corrected chi connectivity index (χ0v) is 13.1. The Hall–Kier alpha value is -2.90. The van der Waals surface area contributed by atoms with Gasteiger partial charge >= 0.3 is 0 Å². The minimum absolute atomic E-state index is 0.461. The highest BCUT2D eigenvalue weighted by Crippen LogP contribution is 2.03. The van der Waals surface area contributed by atoms with Gasteiger partial charge in [-0.25, -0.2) is 4.99 Å². The molecule has 0 aliphatic carbocycles. The van der Waals surface area contributed by atoms with Crippen LogP contribution in [-0.2, 0) is 13.1 Å². The van der Waals surface area contributed by atoms with Crippen LogP contribution in [0.2, 0.25) is 0 Å². The second-order valence-electron chi connectivity index (χ2n) is 4.94. The van der Waals surface area contributed by atoms with E-state index in [1.807, 2.05) is 52.7 Å². The van der Waals surface area contributed by atoms with Gasteiger partial charge in [0.15, 0.2) is 17.4 Å². The van der Waals surface area contributed by atoms with Gasteiger partial charge in [0.2, 0.25) is 0 Å². The molecule has 3 rings (SSSR count). The van der Waals surface area contributed by atoms with E-state index in [0.29, 0.717) is 6.54 Å². The Morgan fingerprint density at radius 3 is 2.96 bits per heavy atom. The number of aliphatic imine (C=N–C) groups is 1. The fourth-order valence-corrected chi connectivity index (χ4v) is 2.21. The van der Waals surface area contributed by atoms with Gasteiger partial charge in [0, 0.05) is 31.7 Å². The minimum Gasteiger partial charge on any atom is -0.357 e. The van der Waals surface area contributed by atoms with Crippen LogP contribution < -0.4 is 10.6 Å². The normalized spacial score (nSPS) is 11.8. The first kappa shape index (κ1) is 15.0. The number of guanidine groups is 1. The number of nitrogens with one attached hydrogen (secondary N) is 2. The molecular weight excluding hydrogens is 292 g/mol. The van der Waals surface area contributed by atoms with Gasteiger partial charge in [0.1, 0.15) is 6.54 Å². The molecule has 3 aromatic rings. The summed E-state index contributed by atoms with van der Waals surface area (Å²) in [6, 6.07) is 7.73. The quantitative estimate of drug-likeness (QED) is 0.516. The molecule has 0 saturated heterocycles. The highest BCUT2D eigenvalue weighted by atomic mass is 15.3. The molecule has 120 valence electrons. The topological polar surface area (TPSA) is 84.4 Å². The van der Waals surface area contributed by atoms with Crippen molar-refractivity contribution in [2.45, 2.75) is 20.0 Å². The second kappa shape index (κ2) is 7.39. The van der Waals surface area contributed by atoms with Crippen molar-refractivity contribution in [2.75, 3.05) is 13.1 Å². The van der Waals surface area contributed by atoms with Crippen molar-refractivity contribution in [3.05, 3.63) is 48.7 Å². The molecule has 0 unspecified atom stereocenters. The van der Waals surface area contributed by atoms with E-state index in [1.165, 1.54) is 0 Å². The number of hydrogen-bond acceptors (Lipinski definition) is 4. The van der Waals surface area contributed by atoms with E-state index in [-0.39, 0.29) is 0 Å². The summed E-state index contributed by atoms with van der Waals surface area (Å²) in [6.07, 6.45) is 5.65. The number of hydrogen-bond donors (Lipinski definition) is 2. The van der Waals surface area contributed by atoms with E-state index in [1.54, 1.807) is 6.20 Å². The average Bonchev–Trinajstić information content (AvgIpc) is 3.22. The van der Waals surface area contributed by atoms with Crippen molar-refractivity contribution >= 4 is 11.6 Å². The lowest BCUT2D eigenvalue weighted by atomic mass is 10.4. The Morgan fingerprint density at radius 1 is 1.17 bits per heavy atom. The summed E-state index contributed by atoms with van der Waals surface area (Å²) in [4.78, 5) is 4.57. The number of rotatable bonds is 6. The average molecular weight is 312 g/mol. The summed E-state index contributed by atoms with van der Waals surface area (Å²) < 4.78 is 3.82. The fraction of sp³-hybridized carbons (Fsp3) is 0.333. The molecule has 0 amide bonds. The third-order valence-electron chi connectivity index (χ3n) is 3.30. The van der Waals surface area contributed by atoms with Crippen LogP contribution >= 0.6 is 0 Å². The molecule has 0 atom stereocenters. The third-order valence-corrected chi connectivity index (χ3v) is 3.30. The number of aromatic nitrogens is 5. The summed E-state index contributed by atoms with van der Waals surface area (Å²) in [5.41, 5.74) is 0.828. The first-order valence-corrected chi connectivity index (χ1v) is 7.65. The lowest BCUT2D eigenvalue weighted by molar-refractivity contribution is 0.597. The van der Waals surface area contributed by atoms with Crippen LogP contribution in [0.25, 0.3) is 5.65 Å². The van der Waals surface area contributed by atoms with E-state index in [0.717, 1.165) is 37.1 Å². The molecule has 0 saturated carbocycles. The Morgan fingerprint density at radius 2 is 2.13 bits per heavy atom. The van der Waals surface area contributed by atoms with Crippen molar-refractivity contribution < 1.29 is 0 Å². The van der Waals surface area contributed by atoms with Crippen LogP contribution in [-0.4, -0.2) is 43.4 Å². The Labute approximate surface area is 134 Å². The van der Waals surface area contributed by atoms with Crippen LogP contribution in [0.3, 0.4) is 0 Å². The van der Waals surface area contributed by atoms with Gasteiger partial charge in [-0.15, -0.1) is 10.2 Å². The summed E-state index contributed by atoms with van der Waals surface area (Å²) >= 11 is 0. The Kier molecular flexibility index (Phi) is 4.82. The summed E-state index contributed by atoms with van der Waals surface area (Å²) in [7, 11) is 0. The molecule has 3 heterocycles. The van der Waals surface area contributed by atoms with Crippen LogP contribution in [0.5, 0.6) is 0 Å². The van der Waals surface area contributed by atoms with Crippen LogP contribution in [0, 0.1) is 0 Å². The van der Waals surface area contributed by atoms with Gasteiger partial charge < -0.3 is 10.6 Å². The Bertz CT molecular complexity index is 759. The van der Waals surface area contributed by atoms with Crippen molar-refractivity contribution in [3.63, 3.8) is 0 Å². The monoisotopic (exact) mass is 312 g/mol. The van der Waals surface area contributed by atoms with E-state index in [9.17, 15) is 0 Å². The van der Waals surface area contributed by atoms with Gasteiger partial charge in [-0.05, 0) is 25.1 Å². The Balaban J connectivity index is 1.61. The largest absolute Gasteiger partial charge is 0.357 e. The molecule has 0 aliphatic rings. The highest BCUT2D eigenvalue weighted by Gasteiger charge is 2.04. The lowest BCUT2D eigenvalue weighted by Gasteiger charge is -2.11. The molecule has 8 heteroatoms. The predicted octanol–water partition coefficient (Wildman–Crippen LogP) is 0.681. The van der Waals surface area contributed by atoms with Crippen molar-refractivity contribution in [1.82, 2.24) is 35.0 Å². The molecule has 0 spiro atoms. The zero-order chi connectivity index (χ0) is 15.9. The van der Waals surface area contributed by atoms with E-state index < -0.39 is 0 Å². The predicted molar refractivity (Wildman–Crippen MR) is 88.0 cm³/mol. The molecule has 0 radical (unpaired) electrons. The maximum Gasteiger partial charge on any atom is 0.191 e. The van der Waals surface area contributed by atoms with Gasteiger partial charge in [0.25, 0.3) is 0 Å². The molecule has 0 aliphatic heterocycles. The maximum absolute atomic E-state index is 4.57. The smallest absolute Gasteiger partial charge is 0.191 e. The lowest BCUT2D eigenvalue weighted by Crippen LogP contribution is -2.38. The maximum atomic E-state index is 4.57. The van der Waals surface area contributed by atoms with Gasteiger partial charge in [0.05, 0.1) is 6.54 Å². The van der Waals surface area contributed by atoms with Crippen molar-refractivity contribution in [2.24, 2.45) is 4.99 Å². The van der Waals surface area contributed by atoms with E-state index >= 15 is 0 Å². The second-order valence-corrected chi connectivity index (χ2v) is 4.94. The van der Waals surface area contributed by atoms with Gasteiger partial charge in [-0.1, -0.05) is 6.07 Å². The molecule has 23 heavy (non-hydrogen) atoms. The summed E-state index contributed by atoms with van der Waals surface area (Å²) in [5.74, 6) is 1.57. The first-order chi connectivity index (χ1) is 11.4. The van der Waals surface area contributed by atoms with Gasteiger partial charge in [-0.3, -0.25) is 9.08 Å². The number of fused-ring (bicyclic) bond motifs is 1. The van der Waals surface area contributed by atoms with Crippen LogP contribution in [0.15, 0.2) is 47.8 Å². The van der Waals surface area contributed by atoms with E-state index in [2.05, 4.69) is 30.9 Å². The fourth-order valence-electron chi connectivity index (χ4n) is 2.21. The molecule has 3 aromatic heterocycles. The van der Waals surface area contributed by atoms with Crippen molar-refractivity contribution in [1.29, 1.82) is 0 Å². The van der Waals surface area contributed by atoms with Crippen molar-refractivity contribution in [3.8, 4) is 0 Å². The SMILES string of the molecule is CCNC(=NCc1nnc2ccccn12)NCCn1cccn1. The van der Waals surface area contributed by atoms with Crippen LogP contribution in [0.4, 0.5) is 0 Å². The van der Waals surface area contributed by atoms with E-state index in [4.69, 9.17) is 0 Å². The highest BCUT2D eigenvalue weighted by molar-refractivity contribution is 5.79. The van der Waals surface area contributed by atoms with Crippen LogP contribution in [0.1, 0.15) is 12.7 Å². The molecule has 0 aromatic carbocycles. The van der Waals surface area contributed by atoms with Gasteiger partial charge in [-0.2, -0.15) is 5.10 Å². The number of nitrogens with zero attached hydrogens (tertiary/aromatic N) is 6. The minimum atomic E-state index is 0.461. The molecular formula is C15H20N8. The summed E-state index contributed by atoms with van der Waals surface area (Å²) in [5, 5.41) is 19.0. The molecule has 2 N–H and O–H groups in total. The first-order valence-electron chi connectivity index (χ1n) is 7.65. The summed E-state index contributed by atoms with van der Waals surface area (Å²) in [6.45, 7) is 4.83. The zero-order valence-electron chi connectivity index (χ0n) is 13.1. The number of pyridine rings is 1. The molecule has 0 bridgehead atoms. The third kappa shape index (κ3) is 3.85. The standard InChI is InChI=1S/C15H20N8/c1-2-16-15(17-8-11-22-9-5-7-19-22)18-12-14-21-20-13-6-3-4-10-23(13)14/h3-7,9-10H,2,8,11-12H2,1H3,(H2,16,17,18).